The minimum absolute atomic E-state index is 0.0216. The molecule has 1 aromatic carbocycles. The minimum atomic E-state index is -0.440. The first kappa shape index (κ1) is 10.4. The number of aromatic nitrogens is 3. The molecule has 6 heteroatoms. The van der Waals surface area contributed by atoms with Gasteiger partial charge in [0.15, 0.2) is 0 Å². The van der Waals surface area contributed by atoms with E-state index in [9.17, 15) is 9.90 Å². The number of phenolic OH excluding ortho intramolecular Hbond substituents is 1. The largest absolute Gasteiger partial charge is 0.506 e. The van der Waals surface area contributed by atoms with Crippen molar-refractivity contribution >= 4 is 0 Å². The van der Waals surface area contributed by atoms with Gasteiger partial charge in [0.25, 0.3) is 0 Å². The molecule has 0 fully saturated rings. The van der Waals surface area contributed by atoms with Crippen LogP contribution < -0.4 is 5.69 Å². The number of aromatic amines is 1. The van der Waals surface area contributed by atoms with Crippen LogP contribution in [0.5, 0.6) is 5.75 Å². The third kappa shape index (κ3) is 1.82. The molecule has 0 unspecified atom stereocenters. The van der Waals surface area contributed by atoms with Crippen LogP contribution in [0.2, 0.25) is 0 Å². The van der Waals surface area contributed by atoms with Gasteiger partial charge >= 0.3 is 5.69 Å². The van der Waals surface area contributed by atoms with E-state index in [0.717, 1.165) is 4.68 Å². The summed E-state index contributed by atoms with van der Waals surface area (Å²) in [5.41, 5.74) is -0.127. The number of benzene rings is 1. The number of phenols is 1. The Morgan fingerprint density at radius 1 is 1.38 bits per heavy atom. The molecule has 0 amide bonds. The first-order valence-electron chi connectivity index (χ1n) is 4.80. The van der Waals surface area contributed by atoms with Crippen LogP contribution in [0.4, 0.5) is 0 Å². The first-order valence-corrected chi connectivity index (χ1v) is 4.80. The highest BCUT2D eigenvalue weighted by Gasteiger charge is 2.09. The van der Waals surface area contributed by atoms with Crippen molar-refractivity contribution in [1.29, 1.82) is 0 Å². The van der Waals surface area contributed by atoms with Crippen LogP contribution in [-0.4, -0.2) is 31.6 Å². The highest BCUT2D eigenvalue weighted by atomic mass is 16.3. The lowest BCUT2D eigenvalue weighted by atomic mass is 10.3. The molecule has 0 aliphatic heterocycles. The Labute approximate surface area is 90.8 Å². The monoisotopic (exact) mass is 221 g/mol. The molecule has 16 heavy (non-hydrogen) atoms. The molecule has 0 bridgehead atoms. The fraction of sp³-hybridized carbons (Fsp3) is 0.200. The number of aliphatic hydroxyl groups excluding tert-OH is 1. The molecule has 0 atom stereocenters. The Balaban J connectivity index is 2.48. The number of hydrogen-bond acceptors (Lipinski definition) is 4. The van der Waals surface area contributed by atoms with E-state index in [-0.39, 0.29) is 18.8 Å². The number of nitrogens with one attached hydrogen (secondary N) is 1. The van der Waals surface area contributed by atoms with E-state index >= 15 is 0 Å². The van der Waals surface area contributed by atoms with Gasteiger partial charge in [0, 0.05) is 6.42 Å². The normalized spacial score (nSPS) is 10.6. The molecule has 0 radical (unpaired) electrons. The second-order valence-electron chi connectivity index (χ2n) is 3.25. The molecular formula is C10H11N3O3. The molecule has 2 aromatic rings. The maximum Gasteiger partial charge on any atom is 0.348 e. The third-order valence-corrected chi connectivity index (χ3v) is 2.12. The molecule has 0 saturated heterocycles. The van der Waals surface area contributed by atoms with Crippen molar-refractivity contribution in [3.63, 3.8) is 0 Å². The van der Waals surface area contributed by atoms with Gasteiger partial charge in [0.1, 0.15) is 17.3 Å². The summed E-state index contributed by atoms with van der Waals surface area (Å²) in [6.45, 7) is -0.0896. The van der Waals surface area contributed by atoms with Crippen LogP contribution >= 0.6 is 0 Å². The Hall–Kier alpha value is -2.08. The predicted molar refractivity (Wildman–Crippen MR) is 56.6 cm³/mol. The maximum absolute atomic E-state index is 11.5. The van der Waals surface area contributed by atoms with Crippen LogP contribution in [0.1, 0.15) is 5.82 Å². The molecule has 1 aromatic heterocycles. The van der Waals surface area contributed by atoms with Crippen LogP contribution in [0.25, 0.3) is 5.69 Å². The van der Waals surface area contributed by atoms with Gasteiger partial charge in [-0.2, -0.15) is 4.68 Å². The van der Waals surface area contributed by atoms with Crippen molar-refractivity contribution in [2.75, 3.05) is 6.61 Å². The molecule has 6 nitrogen and oxygen atoms in total. The topological polar surface area (TPSA) is 91.1 Å². The second-order valence-corrected chi connectivity index (χ2v) is 3.25. The van der Waals surface area contributed by atoms with Crippen molar-refractivity contribution < 1.29 is 10.2 Å². The van der Waals surface area contributed by atoms with Gasteiger partial charge < -0.3 is 10.2 Å². The number of aliphatic hydroxyl groups is 1. The van der Waals surface area contributed by atoms with E-state index in [4.69, 9.17) is 5.11 Å². The van der Waals surface area contributed by atoms with Crippen molar-refractivity contribution in [3.8, 4) is 11.4 Å². The average molecular weight is 221 g/mol. The van der Waals surface area contributed by atoms with Gasteiger partial charge in [-0.15, -0.1) is 5.10 Å². The number of para-hydroxylation sites is 2. The summed E-state index contributed by atoms with van der Waals surface area (Å²) in [6, 6.07) is 6.41. The Bertz CT molecular complexity index is 544. The molecule has 3 N–H and O–H groups in total. The Morgan fingerprint density at radius 2 is 2.12 bits per heavy atom. The van der Waals surface area contributed by atoms with E-state index in [2.05, 4.69) is 10.1 Å². The summed E-state index contributed by atoms with van der Waals surface area (Å²) in [5, 5.41) is 22.2. The Kier molecular flexibility index (Phi) is 2.74. The van der Waals surface area contributed by atoms with Gasteiger partial charge in [-0.25, -0.2) is 4.79 Å². The lowest BCUT2D eigenvalue weighted by Gasteiger charge is -2.01. The average Bonchev–Trinajstić information content (AvgIpc) is 2.61. The lowest BCUT2D eigenvalue weighted by molar-refractivity contribution is 0.296. The number of hydrogen-bond donors (Lipinski definition) is 3. The van der Waals surface area contributed by atoms with E-state index in [1.165, 1.54) is 6.07 Å². The van der Waals surface area contributed by atoms with Crippen molar-refractivity contribution in [1.82, 2.24) is 14.8 Å². The summed E-state index contributed by atoms with van der Waals surface area (Å²) in [7, 11) is 0. The highest BCUT2D eigenvalue weighted by molar-refractivity contribution is 5.44. The zero-order valence-corrected chi connectivity index (χ0v) is 8.42. The summed E-state index contributed by atoms with van der Waals surface area (Å²) < 4.78 is 1.07. The minimum Gasteiger partial charge on any atom is -0.506 e. The van der Waals surface area contributed by atoms with Gasteiger partial charge in [-0.1, -0.05) is 12.1 Å². The van der Waals surface area contributed by atoms with Crippen LogP contribution in [0, 0.1) is 0 Å². The molecule has 0 saturated carbocycles. The van der Waals surface area contributed by atoms with Crippen LogP contribution in [0.3, 0.4) is 0 Å². The van der Waals surface area contributed by atoms with Crippen LogP contribution in [0.15, 0.2) is 29.1 Å². The van der Waals surface area contributed by atoms with E-state index < -0.39 is 5.69 Å². The second kappa shape index (κ2) is 4.19. The predicted octanol–water partition coefficient (Wildman–Crippen LogP) is -0.199. The van der Waals surface area contributed by atoms with E-state index in [1.807, 2.05) is 0 Å². The lowest BCUT2D eigenvalue weighted by Crippen LogP contribution is -2.15. The third-order valence-electron chi connectivity index (χ3n) is 2.12. The standard InChI is InChI=1S/C10H11N3O3/c14-6-5-9-11-10(16)13(12-9)7-3-1-2-4-8(7)15/h1-4,14-15H,5-6H2,(H,11,12,16). The number of aromatic hydroxyl groups is 1. The summed E-state index contributed by atoms with van der Waals surface area (Å²) >= 11 is 0. The van der Waals surface area contributed by atoms with Gasteiger partial charge in [-0.05, 0) is 12.1 Å². The fourth-order valence-corrected chi connectivity index (χ4v) is 1.39. The first-order chi connectivity index (χ1) is 7.72. The zero-order chi connectivity index (χ0) is 11.5. The van der Waals surface area contributed by atoms with E-state index in [0.29, 0.717) is 11.5 Å². The molecular weight excluding hydrogens is 210 g/mol. The highest BCUT2D eigenvalue weighted by Crippen LogP contribution is 2.17. The molecule has 84 valence electrons. The maximum atomic E-state index is 11.5. The number of rotatable bonds is 3. The summed E-state index contributed by atoms with van der Waals surface area (Å²) in [5.74, 6) is 0.363. The smallest absolute Gasteiger partial charge is 0.348 e. The molecule has 0 aliphatic rings. The molecule has 0 spiro atoms. The zero-order valence-electron chi connectivity index (χ0n) is 8.42. The SMILES string of the molecule is O=c1[nH]c(CCO)nn1-c1ccccc1O. The van der Waals surface area contributed by atoms with E-state index in [1.54, 1.807) is 18.2 Å². The molecule has 1 heterocycles. The molecule has 2 rings (SSSR count). The summed E-state index contributed by atoms with van der Waals surface area (Å²) in [4.78, 5) is 14.0. The quantitative estimate of drug-likeness (QED) is 0.669. The van der Waals surface area contributed by atoms with Crippen molar-refractivity contribution in [2.45, 2.75) is 6.42 Å². The van der Waals surface area contributed by atoms with Gasteiger partial charge in [-0.3, -0.25) is 4.98 Å². The molecule has 0 aliphatic carbocycles. The summed E-state index contributed by atoms with van der Waals surface area (Å²) in [6.07, 6.45) is 0.274. The Morgan fingerprint density at radius 3 is 2.81 bits per heavy atom. The number of H-pyrrole nitrogens is 1. The van der Waals surface area contributed by atoms with Crippen molar-refractivity contribution in [2.24, 2.45) is 0 Å². The number of nitrogens with zero attached hydrogens (tertiary/aromatic N) is 2. The van der Waals surface area contributed by atoms with Gasteiger partial charge in [0.2, 0.25) is 0 Å². The van der Waals surface area contributed by atoms with Gasteiger partial charge in [0.05, 0.1) is 6.61 Å². The van der Waals surface area contributed by atoms with Crippen LogP contribution in [-0.2, 0) is 6.42 Å². The van der Waals surface area contributed by atoms with Crippen molar-refractivity contribution in [3.05, 3.63) is 40.6 Å². The fourth-order valence-electron chi connectivity index (χ4n) is 1.39.